The van der Waals surface area contributed by atoms with Crippen molar-refractivity contribution in [2.24, 2.45) is 11.7 Å². The predicted molar refractivity (Wildman–Crippen MR) is 126 cm³/mol. The first-order chi connectivity index (χ1) is 15.2. The molecule has 166 valence electrons. The van der Waals surface area contributed by atoms with E-state index in [0.29, 0.717) is 6.10 Å². The fraction of sp³-hybridized carbons (Fsp3) is 0.571. The molecule has 1 heterocycles. The molecule has 2 N–H and O–H groups in total. The van der Waals surface area contributed by atoms with Crippen molar-refractivity contribution in [3.8, 4) is 11.5 Å². The Labute approximate surface area is 187 Å². The monoisotopic (exact) mass is 419 g/mol. The molecule has 3 heteroatoms. The molecule has 0 aromatic heterocycles. The molecule has 0 spiro atoms. The number of aryl methyl sites for hydroxylation is 1. The molecule has 1 unspecified atom stereocenters. The molecule has 1 atom stereocenters. The average Bonchev–Trinajstić information content (AvgIpc) is 2.81. The quantitative estimate of drug-likeness (QED) is 0.583. The maximum absolute atomic E-state index is 6.83. The van der Waals surface area contributed by atoms with Gasteiger partial charge in [0.15, 0.2) is 0 Å². The van der Waals surface area contributed by atoms with Crippen molar-refractivity contribution in [3.63, 3.8) is 0 Å². The van der Waals surface area contributed by atoms with Crippen LogP contribution in [0.3, 0.4) is 0 Å². The van der Waals surface area contributed by atoms with E-state index < -0.39 is 0 Å². The van der Waals surface area contributed by atoms with Gasteiger partial charge in [0.25, 0.3) is 0 Å². The van der Waals surface area contributed by atoms with Crippen molar-refractivity contribution >= 4 is 0 Å². The Balaban J connectivity index is 1.15. The third-order valence-corrected chi connectivity index (χ3v) is 7.80. The Hall–Kier alpha value is -2.00. The van der Waals surface area contributed by atoms with E-state index in [0.717, 1.165) is 55.9 Å². The van der Waals surface area contributed by atoms with Gasteiger partial charge in [0.1, 0.15) is 17.6 Å². The van der Waals surface area contributed by atoms with E-state index in [1.807, 2.05) is 0 Å². The zero-order chi connectivity index (χ0) is 21.1. The summed E-state index contributed by atoms with van der Waals surface area (Å²) < 4.78 is 12.7. The standard InChI is InChI=1S/C28H37NO2/c29-28(20-21-7-3-1-4-8-21)17-15-24(16-18-28)30-25-12-14-27-23(19-25)11-13-26(31-27)22-9-5-2-6-10-22/h2,5-6,9-10,12,14,19,21,24,26H,1,3-4,7-8,11,13,15-18,20,29H2. The second-order valence-electron chi connectivity index (χ2n) is 10.2. The van der Waals surface area contributed by atoms with Crippen LogP contribution in [0.2, 0.25) is 0 Å². The van der Waals surface area contributed by atoms with Gasteiger partial charge >= 0.3 is 0 Å². The molecule has 2 aliphatic carbocycles. The van der Waals surface area contributed by atoms with Crippen molar-refractivity contribution in [3.05, 3.63) is 59.7 Å². The molecule has 0 radical (unpaired) electrons. The number of hydrogen-bond acceptors (Lipinski definition) is 3. The number of benzene rings is 2. The highest BCUT2D eigenvalue weighted by Crippen LogP contribution is 2.39. The average molecular weight is 420 g/mol. The van der Waals surface area contributed by atoms with Crippen LogP contribution < -0.4 is 15.2 Å². The molecule has 31 heavy (non-hydrogen) atoms. The summed E-state index contributed by atoms with van der Waals surface area (Å²) in [6.07, 6.45) is 15.1. The molecule has 2 aromatic rings. The van der Waals surface area contributed by atoms with Gasteiger partial charge < -0.3 is 15.2 Å². The van der Waals surface area contributed by atoms with Crippen LogP contribution in [0.4, 0.5) is 0 Å². The topological polar surface area (TPSA) is 44.5 Å². The first-order valence-electron chi connectivity index (χ1n) is 12.5. The maximum atomic E-state index is 6.83. The minimum atomic E-state index is 0.0397. The number of rotatable bonds is 5. The van der Waals surface area contributed by atoms with Crippen LogP contribution in [0.1, 0.15) is 87.9 Å². The Bertz CT molecular complexity index is 851. The molecule has 5 rings (SSSR count). The van der Waals surface area contributed by atoms with Gasteiger partial charge in [-0.3, -0.25) is 0 Å². The van der Waals surface area contributed by atoms with Crippen LogP contribution in [-0.4, -0.2) is 11.6 Å². The highest BCUT2D eigenvalue weighted by atomic mass is 16.5. The van der Waals surface area contributed by atoms with Crippen molar-refractivity contribution in [1.29, 1.82) is 0 Å². The molecule has 1 aliphatic heterocycles. The lowest BCUT2D eigenvalue weighted by Crippen LogP contribution is -2.46. The third kappa shape index (κ3) is 5.09. The van der Waals surface area contributed by atoms with Gasteiger partial charge in [-0.2, -0.15) is 0 Å². The van der Waals surface area contributed by atoms with Crippen molar-refractivity contribution in [2.75, 3.05) is 0 Å². The molecule has 0 amide bonds. The Morgan fingerprint density at radius 2 is 1.68 bits per heavy atom. The molecule has 3 aliphatic rings. The molecule has 3 nitrogen and oxygen atoms in total. The van der Waals surface area contributed by atoms with Gasteiger partial charge in [-0.1, -0.05) is 62.4 Å². The van der Waals surface area contributed by atoms with Crippen molar-refractivity contribution in [1.82, 2.24) is 0 Å². The normalized spacial score (nSPS) is 29.1. The largest absolute Gasteiger partial charge is 0.490 e. The molecule has 2 aromatic carbocycles. The lowest BCUT2D eigenvalue weighted by molar-refractivity contribution is 0.102. The number of ether oxygens (including phenoxy) is 2. The summed E-state index contributed by atoms with van der Waals surface area (Å²) in [6.45, 7) is 0. The van der Waals surface area contributed by atoms with Gasteiger partial charge in [0.2, 0.25) is 0 Å². The molecular weight excluding hydrogens is 382 g/mol. The smallest absolute Gasteiger partial charge is 0.124 e. The maximum Gasteiger partial charge on any atom is 0.124 e. The number of hydrogen-bond donors (Lipinski definition) is 1. The van der Waals surface area contributed by atoms with Crippen LogP contribution in [0, 0.1) is 5.92 Å². The van der Waals surface area contributed by atoms with E-state index in [-0.39, 0.29) is 11.6 Å². The highest BCUT2D eigenvalue weighted by molar-refractivity contribution is 5.42. The van der Waals surface area contributed by atoms with Gasteiger partial charge in [-0.25, -0.2) is 0 Å². The summed E-state index contributed by atoms with van der Waals surface area (Å²) in [6, 6.07) is 16.9. The summed E-state index contributed by atoms with van der Waals surface area (Å²) >= 11 is 0. The minimum absolute atomic E-state index is 0.0397. The number of fused-ring (bicyclic) bond motifs is 1. The highest BCUT2D eigenvalue weighted by Gasteiger charge is 2.35. The fourth-order valence-corrected chi connectivity index (χ4v) is 5.99. The fourth-order valence-electron chi connectivity index (χ4n) is 5.99. The van der Waals surface area contributed by atoms with Crippen LogP contribution in [-0.2, 0) is 6.42 Å². The first kappa shape index (κ1) is 20.9. The van der Waals surface area contributed by atoms with Crippen LogP contribution in [0.5, 0.6) is 11.5 Å². The van der Waals surface area contributed by atoms with Crippen LogP contribution >= 0.6 is 0 Å². The summed E-state index contributed by atoms with van der Waals surface area (Å²) in [5.74, 6) is 2.85. The first-order valence-corrected chi connectivity index (χ1v) is 12.5. The zero-order valence-electron chi connectivity index (χ0n) is 18.7. The van der Waals surface area contributed by atoms with Crippen LogP contribution in [0.15, 0.2) is 48.5 Å². The molecular formula is C28H37NO2. The van der Waals surface area contributed by atoms with Crippen molar-refractivity contribution in [2.45, 2.75) is 94.8 Å². The van der Waals surface area contributed by atoms with Crippen LogP contribution in [0.25, 0.3) is 0 Å². The van der Waals surface area contributed by atoms with Gasteiger partial charge in [-0.05, 0) is 80.2 Å². The van der Waals surface area contributed by atoms with E-state index in [1.165, 1.54) is 49.7 Å². The Morgan fingerprint density at radius 3 is 2.45 bits per heavy atom. The molecule has 2 fully saturated rings. The summed E-state index contributed by atoms with van der Waals surface area (Å²) in [5.41, 5.74) is 9.39. The molecule has 0 saturated heterocycles. The predicted octanol–water partition coefficient (Wildman–Crippen LogP) is 6.74. The summed E-state index contributed by atoms with van der Waals surface area (Å²) in [7, 11) is 0. The second-order valence-corrected chi connectivity index (χ2v) is 10.2. The zero-order valence-corrected chi connectivity index (χ0v) is 18.7. The van der Waals surface area contributed by atoms with Gasteiger partial charge in [-0.15, -0.1) is 0 Å². The van der Waals surface area contributed by atoms with Gasteiger partial charge in [0.05, 0.1) is 6.10 Å². The Kier molecular flexibility index (Phi) is 6.22. The second kappa shape index (κ2) is 9.24. The molecule has 0 bridgehead atoms. The lowest BCUT2D eigenvalue weighted by Gasteiger charge is -2.40. The van der Waals surface area contributed by atoms with E-state index in [4.69, 9.17) is 15.2 Å². The third-order valence-electron chi connectivity index (χ3n) is 7.80. The van der Waals surface area contributed by atoms with E-state index >= 15 is 0 Å². The van der Waals surface area contributed by atoms with Crippen molar-refractivity contribution < 1.29 is 9.47 Å². The lowest BCUT2D eigenvalue weighted by atomic mass is 9.72. The number of nitrogens with two attached hydrogens (primary N) is 1. The molecule has 2 saturated carbocycles. The van der Waals surface area contributed by atoms with E-state index in [9.17, 15) is 0 Å². The van der Waals surface area contributed by atoms with Gasteiger partial charge in [0, 0.05) is 5.54 Å². The summed E-state index contributed by atoms with van der Waals surface area (Å²) in [4.78, 5) is 0. The van der Waals surface area contributed by atoms with E-state index in [1.54, 1.807) is 0 Å². The van der Waals surface area contributed by atoms with E-state index in [2.05, 4.69) is 48.5 Å². The SMILES string of the molecule is NC1(CC2CCCCC2)CCC(Oc2ccc3c(c2)CCC(c2ccccc2)O3)CC1. The summed E-state index contributed by atoms with van der Waals surface area (Å²) in [5, 5.41) is 0. The minimum Gasteiger partial charge on any atom is -0.490 e. The Morgan fingerprint density at radius 1 is 0.903 bits per heavy atom.